The van der Waals surface area contributed by atoms with Crippen molar-refractivity contribution in [2.24, 2.45) is 4.99 Å². The third-order valence-corrected chi connectivity index (χ3v) is 4.55. The first-order valence-corrected chi connectivity index (χ1v) is 10.2. The van der Waals surface area contributed by atoms with E-state index in [-0.39, 0.29) is 24.1 Å². The molecule has 0 aliphatic carbocycles. The van der Waals surface area contributed by atoms with Gasteiger partial charge in [0, 0.05) is 32.4 Å². The quantitative estimate of drug-likeness (QED) is 0.487. The summed E-state index contributed by atoms with van der Waals surface area (Å²) in [5.74, 6) is 0.721. The molecule has 30 heavy (non-hydrogen) atoms. The number of benzene rings is 1. The van der Waals surface area contributed by atoms with Crippen LogP contribution in [0.25, 0.3) is 0 Å². The van der Waals surface area contributed by atoms with Crippen LogP contribution < -0.4 is 10.6 Å². The maximum Gasteiger partial charge on any atom is 0.291 e. The lowest BCUT2D eigenvalue weighted by atomic mass is 10.2. The zero-order chi connectivity index (χ0) is 21.9. The van der Waals surface area contributed by atoms with Gasteiger partial charge in [-0.1, -0.05) is 12.1 Å². The highest BCUT2D eigenvalue weighted by Gasteiger charge is 2.15. The number of carbonyl (C=O) groups excluding carboxylic acids is 2. The van der Waals surface area contributed by atoms with Gasteiger partial charge in [0.25, 0.3) is 5.91 Å². The number of nitrogens with one attached hydrogen (secondary N) is 2. The Kier molecular flexibility index (Phi) is 8.93. The SMILES string of the molecule is CCNC(=NCc1ccc(NC(=O)c2ccco2)cc1)N(C)CC(=O)N(CC)CC. The Balaban J connectivity index is 1.98. The van der Waals surface area contributed by atoms with Gasteiger partial charge >= 0.3 is 0 Å². The molecule has 0 aliphatic heterocycles. The van der Waals surface area contributed by atoms with E-state index in [1.165, 1.54) is 6.26 Å². The number of furan rings is 1. The topological polar surface area (TPSA) is 90.2 Å². The van der Waals surface area contributed by atoms with Gasteiger partial charge < -0.3 is 24.9 Å². The van der Waals surface area contributed by atoms with Gasteiger partial charge in [0.15, 0.2) is 11.7 Å². The first-order chi connectivity index (χ1) is 14.5. The highest BCUT2D eigenvalue weighted by atomic mass is 16.3. The maximum absolute atomic E-state index is 12.4. The second-order valence-corrected chi connectivity index (χ2v) is 6.72. The number of likely N-dealkylation sites (N-methyl/N-ethyl adjacent to an activating group) is 2. The van der Waals surface area contributed by atoms with Gasteiger partial charge in [0.2, 0.25) is 5.91 Å². The van der Waals surface area contributed by atoms with Crippen LogP contribution >= 0.6 is 0 Å². The van der Waals surface area contributed by atoms with Gasteiger partial charge in [-0.3, -0.25) is 9.59 Å². The summed E-state index contributed by atoms with van der Waals surface area (Å²) in [6.45, 7) is 8.76. The lowest BCUT2D eigenvalue weighted by molar-refractivity contribution is -0.131. The summed E-state index contributed by atoms with van der Waals surface area (Å²) in [5.41, 5.74) is 1.67. The number of guanidine groups is 1. The molecule has 0 saturated carbocycles. The van der Waals surface area contributed by atoms with Gasteiger partial charge in [-0.2, -0.15) is 0 Å². The molecule has 0 bridgehead atoms. The summed E-state index contributed by atoms with van der Waals surface area (Å²) >= 11 is 0. The van der Waals surface area contributed by atoms with Crippen molar-refractivity contribution >= 4 is 23.5 Å². The number of rotatable bonds is 9. The van der Waals surface area contributed by atoms with Crippen molar-refractivity contribution in [3.8, 4) is 0 Å². The molecule has 2 amide bonds. The average Bonchev–Trinajstić information content (AvgIpc) is 3.28. The minimum absolute atomic E-state index is 0.0738. The van der Waals surface area contributed by atoms with E-state index in [0.29, 0.717) is 37.8 Å². The van der Waals surface area contributed by atoms with E-state index >= 15 is 0 Å². The Morgan fingerprint density at radius 1 is 1.07 bits per heavy atom. The third-order valence-electron chi connectivity index (χ3n) is 4.55. The molecule has 1 heterocycles. The van der Waals surface area contributed by atoms with Gasteiger partial charge in [0.05, 0.1) is 19.4 Å². The standard InChI is InChI=1S/C22H31N5O3/c1-5-23-22(26(4)16-20(28)27(6-2)7-3)24-15-17-10-12-18(13-11-17)25-21(29)19-9-8-14-30-19/h8-14H,5-7,15-16H2,1-4H3,(H,23,24)(H,25,29). The largest absolute Gasteiger partial charge is 0.459 e. The Hall–Kier alpha value is -3.29. The van der Waals surface area contributed by atoms with E-state index in [9.17, 15) is 9.59 Å². The first kappa shape index (κ1) is 23.0. The van der Waals surface area contributed by atoms with Crippen molar-refractivity contribution < 1.29 is 14.0 Å². The molecule has 2 N–H and O–H groups in total. The van der Waals surface area contributed by atoms with Crippen molar-refractivity contribution in [2.45, 2.75) is 27.3 Å². The van der Waals surface area contributed by atoms with E-state index < -0.39 is 0 Å². The summed E-state index contributed by atoms with van der Waals surface area (Å²) in [6, 6.07) is 10.8. The number of carbonyl (C=O) groups is 2. The minimum Gasteiger partial charge on any atom is -0.459 e. The zero-order valence-electron chi connectivity index (χ0n) is 18.1. The van der Waals surface area contributed by atoms with E-state index in [1.807, 2.05) is 57.0 Å². The highest BCUT2D eigenvalue weighted by Crippen LogP contribution is 2.12. The number of amides is 2. The summed E-state index contributed by atoms with van der Waals surface area (Å²) in [5, 5.41) is 6.01. The molecule has 0 atom stereocenters. The molecule has 8 nitrogen and oxygen atoms in total. The molecule has 0 saturated heterocycles. The minimum atomic E-state index is -0.292. The van der Waals surface area contributed by atoms with Crippen LogP contribution in [0.2, 0.25) is 0 Å². The van der Waals surface area contributed by atoms with Crippen LogP contribution in [0.4, 0.5) is 5.69 Å². The van der Waals surface area contributed by atoms with Crippen LogP contribution in [0, 0.1) is 0 Å². The second kappa shape index (κ2) is 11.6. The van der Waals surface area contributed by atoms with Crippen LogP contribution in [-0.4, -0.2) is 60.8 Å². The Bertz CT molecular complexity index is 827. The molecule has 0 unspecified atom stereocenters. The Morgan fingerprint density at radius 2 is 1.77 bits per heavy atom. The lowest BCUT2D eigenvalue weighted by Gasteiger charge is -2.25. The monoisotopic (exact) mass is 413 g/mol. The van der Waals surface area contributed by atoms with Crippen LogP contribution in [0.3, 0.4) is 0 Å². The predicted molar refractivity (Wildman–Crippen MR) is 118 cm³/mol. The summed E-state index contributed by atoms with van der Waals surface area (Å²) in [7, 11) is 1.86. The third kappa shape index (κ3) is 6.65. The normalized spacial score (nSPS) is 11.1. The average molecular weight is 414 g/mol. The fraction of sp³-hybridized carbons (Fsp3) is 0.409. The highest BCUT2D eigenvalue weighted by molar-refractivity contribution is 6.02. The van der Waals surface area contributed by atoms with E-state index in [4.69, 9.17) is 4.42 Å². The number of anilines is 1. The zero-order valence-corrected chi connectivity index (χ0v) is 18.1. The van der Waals surface area contributed by atoms with E-state index in [0.717, 1.165) is 5.56 Å². The fourth-order valence-electron chi connectivity index (χ4n) is 2.88. The molecule has 1 aromatic heterocycles. The lowest BCUT2D eigenvalue weighted by Crippen LogP contribution is -2.45. The molecular weight excluding hydrogens is 382 g/mol. The molecule has 2 aromatic rings. The molecule has 2 rings (SSSR count). The van der Waals surface area contributed by atoms with Crippen LogP contribution in [0.1, 0.15) is 36.9 Å². The number of hydrogen-bond donors (Lipinski definition) is 2. The Morgan fingerprint density at radius 3 is 2.33 bits per heavy atom. The Labute approximate surface area is 177 Å². The molecule has 0 radical (unpaired) electrons. The van der Waals surface area contributed by atoms with E-state index in [2.05, 4.69) is 15.6 Å². The predicted octanol–water partition coefficient (Wildman–Crippen LogP) is 2.80. The smallest absolute Gasteiger partial charge is 0.291 e. The summed E-state index contributed by atoms with van der Waals surface area (Å²) < 4.78 is 5.09. The first-order valence-electron chi connectivity index (χ1n) is 10.2. The van der Waals surface area contributed by atoms with Gasteiger partial charge in [-0.25, -0.2) is 4.99 Å². The number of hydrogen-bond acceptors (Lipinski definition) is 4. The van der Waals surface area contributed by atoms with Crippen molar-refractivity contribution in [2.75, 3.05) is 38.5 Å². The van der Waals surface area contributed by atoms with Crippen LogP contribution in [-0.2, 0) is 11.3 Å². The molecule has 0 aliphatic rings. The van der Waals surface area contributed by atoms with Gasteiger partial charge in [-0.05, 0) is 50.6 Å². The van der Waals surface area contributed by atoms with Crippen LogP contribution in [0.15, 0.2) is 52.1 Å². The van der Waals surface area contributed by atoms with Crippen molar-refractivity contribution in [3.05, 3.63) is 54.0 Å². The van der Waals surface area contributed by atoms with Gasteiger partial charge in [-0.15, -0.1) is 0 Å². The molecule has 162 valence electrons. The second-order valence-electron chi connectivity index (χ2n) is 6.72. The number of nitrogens with zero attached hydrogens (tertiary/aromatic N) is 3. The summed E-state index contributed by atoms with van der Waals surface area (Å²) in [4.78, 5) is 32.7. The van der Waals surface area contributed by atoms with Crippen molar-refractivity contribution in [3.63, 3.8) is 0 Å². The molecule has 8 heteroatoms. The van der Waals surface area contributed by atoms with Crippen molar-refractivity contribution in [1.29, 1.82) is 0 Å². The van der Waals surface area contributed by atoms with Crippen LogP contribution in [0.5, 0.6) is 0 Å². The summed E-state index contributed by atoms with van der Waals surface area (Å²) in [6.07, 6.45) is 1.46. The van der Waals surface area contributed by atoms with Crippen molar-refractivity contribution in [1.82, 2.24) is 15.1 Å². The number of aliphatic imine (C=N–C) groups is 1. The van der Waals surface area contributed by atoms with Gasteiger partial charge in [0.1, 0.15) is 0 Å². The molecule has 0 fully saturated rings. The van der Waals surface area contributed by atoms with E-state index in [1.54, 1.807) is 17.0 Å². The maximum atomic E-state index is 12.4. The molecule has 1 aromatic carbocycles. The molecule has 0 spiro atoms. The molecular formula is C22H31N5O3. The fourth-order valence-corrected chi connectivity index (χ4v) is 2.88.